The Hall–Kier alpha value is -1.39. The van der Waals surface area contributed by atoms with E-state index in [-0.39, 0.29) is 6.04 Å². The van der Waals surface area contributed by atoms with Gasteiger partial charge < -0.3 is 10.5 Å². The lowest BCUT2D eigenvalue weighted by Crippen LogP contribution is -2.14. The predicted octanol–water partition coefficient (Wildman–Crippen LogP) is 2.70. The maximum Gasteiger partial charge on any atom is 0.123 e. The predicted molar refractivity (Wildman–Crippen MR) is 70.5 cm³/mol. The minimum absolute atomic E-state index is 0.0500. The van der Waals surface area contributed by atoms with E-state index in [2.05, 4.69) is 11.1 Å². The van der Waals surface area contributed by atoms with Crippen molar-refractivity contribution in [3.63, 3.8) is 0 Å². The molecule has 0 spiro atoms. The molecule has 0 saturated carbocycles. The highest BCUT2D eigenvalue weighted by molar-refractivity contribution is 7.09. The molecule has 1 atom stereocenters. The number of rotatable bonds is 4. The minimum Gasteiger partial charge on any atom is -0.496 e. The number of benzene rings is 1. The molecule has 2 aromatic rings. The third-order valence-corrected chi connectivity index (χ3v) is 3.49. The maximum absolute atomic E-state index is 6.21. The zero-order valence-electron chi connectivity index (χ0n) is 10.0. The summed E-state index contributed by atoms with van der Waals surface area (Å²) in [4.78, 5) is 5.25. The lowest BCUT2D eigenvalue weighted by atomic mass is 10.0. The quantitative estimate of drug-likeness (QED) is 0.905. The van der Waals surface area contributed by atoms with Crippen LogP contribution in [0.4, 0.5) is 0 Å². The van der Waals surface area contributed by atoms with Crippen LogP contribution in [-0.4, -0.2) is 12.1 Å². The number of thiazole rings is 1. The molecule has 2 N–H and O–H groups in total. The fourth-order valence-electron chi connectivity index (χ4n) is 1.79. The first-order valence-electron chi connectivity index (χ1n) is 5.48. The molecule has 1 aromatic heterocycles. The van der Waals surface area contributed by atoms with Crippen LogP contribution in [0.3, 0.4) is 0 Å². The van der Waals surface area contributed by atoms with Crippen LogP contribution in [-0.2, 0) is 6.42 Å². The van der Waals surface area contributed by atoms with E-state index >= 15 is 0 Å². The second-order valence-electron chi connectivity index (χ2n) is 4.02. The van der Waals surface area contributed by atoms with Gasteiger partial charge >= 0.3 is 0 Å². The van der Waals surface area contributed by atoms with E-state index in [1.54, 1.807) is 18.4 Å². The molecule has 0 aliphatic heterocycles. The summed E-state index contributed by atoms with van der Waals surface area (Å²) in [5, 5.41) is 0. The smallest absolute Gasteiger partial charge is 0.123 e. The summed E-state index contributed by atoms with van der Waals surface area (Å²) in [6.07, 6.45) is 2.66. The molecular formula is C13H16N2OS. The van der Waals surface area contributed by atoms with E-state index in [1.807, 2.05) is 30.8 Å². The molecule has 1 aromatic carbocycles. The normalized spacial score (nSPS) is 12.4. The van der Waals surface area contributed by atoms with Crippen molar-refractivity contribution in [3.05, 3.63) is 45.9 Å². The molecule has 0 aliphatic rings. The van der Waals surface area contributed by atoms with Crippen molar-refractivity contribution in [1.29, 1.82) is 0 Å². The van der Waals surface area contributed by atoms with Crippen molar-refractivity contribution < 1.29 is 4.74 Å². The van der Waals surface area contributed by atoms with Gasteiger partial charge in [-0.05, 0) is 18.6 Å². The van der Waals surface area contributed by atoms with Crippen LogP contribution in [0.5, 0.6) is 5.75 Å². The SMILES string of the molecule is COc1cc(C)ccc1C(N)Cc1cncs1. The maximum atomic E-state index is 6.21. The Balaban J connectivity index is 2.21. The summed E-state index contributed by atoms with van der Waals surface area (Å²) in [6.45, 7) is 2.04. The summed E-state index contributed by atoms with van der Waals surface area (Å²) in [5.41, 5.74) is 10.3. The number of aryl methyl sites for hydroxylation is 1. The van der Waals surface area contributed by atoms with Crippen LogP contribution in [0.1, 0.15) is 22.0 Å². The van der Waals surface area contributed by atoms with Crippen molar-refractivity contribution in [2.45, 2.75) is 19.4 Å². The van der Waals surface area contributed by atoms with Crippen molar-refractivity contribution in [2.24, 2.45) is 5.73 Å². The van der Waals surface area contributed by atoms with Gasteiger partial charge in [-0.3, -0.25) is 4.98 Å². The monoisotopic (exact) mass is 248 g/mol. The number of aromatic nitrogens is 1. The lowest BCUT2D eigenvalue weighted by molar-refractivity contribution is 0.405. The van der Waals surface area contributed by atoms with Gasteiger partial charge in [0, 0.05) is 29.1 Å². The molecule has 0 fully saturated rings. The van der Waals surface area contributed by atoms with E-state index in [9.17, 15) is 0 Å². The molecule has 1 heterocycles. The van der Waals surface area contributed by atoms with Crippen LogP contribution in [0.2, 0.25) is 0 Å². The van der Waals surface area contributed by atoms with Gasteiger partial charge in [-0.2, -0.15) is 0 Å². The summed E-state index contributed by atoms with van der Waals surface area (Å²) in [7, 11) is 1.68. The van der Waals surface area contributed by atoms with Crippen molar-refractivity contribution in [3.8, 4) is 5.75 Å². The topological polar surface area (TPSA) is 48.1 Å². The minimum atomic E-state index is -0.0500. The van der Waals surface area contributed by atoms with Crippen molar-refractivity contribution >= 4 is 11.3 Å². The number of methoxy groups -OCH3 is 1. The first-order valence-corrected chi connectivity index (χ1v) is 6.36. The first kappa shape index (κ1) is 12.1. The second kappa shape index (κ2) is 5.29. The molecule has 2 rings (SSSR count). The number of nitrogens with two attached hydrogens (primary N) is 1. The average molecular weight is 248 g/mol. The zero-order valence-corrected chi connectivity index (χ0v) is 10.8. The van der Waals surface area contributed by atoms with Crippen LogP contribution in [0.25, 0.3) is 0 Å². The van der Waals surface area contributed by atoms with Crippen LogP contribution >= 0.6 is 11.3 Å². The summed E-state index contributed by atoms with van der Waals surface area (Å²) < 4.78 is 5.37. The number of hydrogen-bond donors (Lipinski definition) is 1. The highest BCUT2D eigenvalue weighted by Gasteiger charge is 2.13. The van der Waals surface area contributed by atoms with E-state index in [1.165, 1.54) is 10.4 Å². The van der Waals surface area contributed by atoms with Crippen LogP contribution in [0, 0.1) is 6.92 Å². The van der Waals surface area contributed by atoms with Crippen molar-refractivity contribution in [1.82, 2.24) is 4.98 Å². The fourth-order valence-corrected chi connectivity index (χ4v) is 2.45. The summed E-state index contributed by atoms with van der Waals surface area (Å²) >= 11 is 1.63. The molecular weight excluding hydrogens is 232 g/mol. The molecule has 0 radical (unpaired) electrons. The van der Waals surface area contributed by atoms with Gasteiger partial charge in [0.25, 0.3) is 0 Å². The van der Waals surface area contributed by atoms with Gasteiger partial charge in [0.1, 0.15) is 5.75 Å². The Labute approximate surface area is 105 Å². The molecule has 90 valence electrons. The zero-order chi connectivity index (χ0) is 12.3. The van der Waals surface area contributed by atoms with E-state index in [4.69, 9.17) is 10.5 Å². The van der Waals surface area contributed by atoms with E-state index in [0.717, 1.165) is 17.7 Å². The lowest BCUT2D eigenvalue weighted by Gasteiger charge is -2.15. The highest BCUT2D eigenvalue weighted by Crippen LogP contribution is 2.27. The van der Waals surface area contributed by atoms with Crippen LogP contribution < -0.4 is 10.5 Å². The molecule has 0 bridgehead atoms. The van der Waals surface area contributed by atoms with E-state index < -0.39 is 0 Å². The Morgan fingerprint density at radius 3 is 2.94 bits per heavy atom. The van der Waals surface area contributed by atoms with Crippen LogP contribution in [0.15, 0.2) is 29.9 Å². The summed E-state index contributed by atoms with van der Waals surface area (Å²) in [5.74, 6) is 0.863. The average Bonchev–Trinajstić information content (AvgIpc) is 2.81. The standard InChI is InChI=1S/C13H16N2OS/c1-9-3-4-11(13(5-9)16-2)12(14)6-10-7-15-8-17-10/h3-5,7-8,12H,6,14H2,1-2H3. The Morgan fingerprint density at radius 2 is 2.29 bits per heavy atom. The van der Waals surface area contributed by atoms with Crippen molar-refractivity contribution in [2.75, 3.05) is 7.11 Å². The number of hydrogen-bond acceptors (Lipinski definition) is 4. The van der Waals surface area contributed by atoms with E-state index in [0.29, 0.717) is 0 Å². The van der Waals surface area contributed by atoms with Gasteiger partial charge in [-0.15, -0.1) is 11.3 Å². The summed E-state index contributed by atoms with van der Waals surface area (Å²) in [6, 6.07) is 6.07. The number of ether oxygens (including phenoxy) is 1. The third-order valence-electron chi connectivity index (χ3n) is 2.69. The first-order chi connectivity index (χ1) is 8.20. The molecule has 3 nitrogen and oxygen atoms in total. The molecule has 1 unspecified atom stereocenters. The highest BCUT2D eigenvalue weighted by atomic mass is 32.1. The van der Waals surface area contributed by atoms with Gasteiger partial charge in [0.15, 0.2) is 0 Å². The number of nitrogens with zero attached hydrogens (tertiary/aromatic N) is 1. The molecule has 0 saturated heterocycles. The molecule has 0 aliphatic carbocycles. The largest absolute Gasteiger partial charge is 0.496 e. The molecule has 4 heteroatoms. The second-order valence-corrected chi connectivity index (χ2v) is 4.99. The molecule has 0 amide bonds. The van der Waals surface area contributed by atoms with Gasteiger partial charge in [-0.25, -0.2) is 0 Å². The van der Waals surface area contributed by atoms with Gasteiger partial charge in [0.05, 0.1) is 12.6 Å². The van der Waals surface area contributed by atoms with Gasteiger partial charge in [0.2, 0.25) is 0 Å². The Morgan fingerprint density at radius 1 is 1.47 bits per heavy atom. The molecule has 17 heavy (non-hydrogen) atoms. The Kier molecular flexibility index (Phi) is 3.76. The Bertz CT molecular complexity index is 482. The fraction of sp³-hybridized carbons (Fsp3) is 0.308. The van der Waals surface area contributed by atoms with Gasteiger partial charge in [-0.1, -0.05) is 12.1 Å². The third kappa shape index (κ3) is 2.84.